The molecule has 0 aromatic carbocycles. The number of carbonyl (C=O) groups excluding carboxylic acids is 2. The van der Waals surface area contributed by atoms with Crippen LogP contribution in [-0.2, 0) is 19.1 Å². The molecule has 0 aliphatic rings. The summed E-state index contributed by atoms with van der Waals surface area (Å²) in [5, 5.41) is 0. The first kappa shape index (κ1) is 12.9. The molecular weight excluding hydrogens is 184 g/mol. The minimum atomic E-state index is -0.241. The first-order valence-corrected chi connectivity index (χ1v) is 4.64. The molecule has 0 saturated carbocycles. The van der Waals surface area contributed by atoms with Crippen molar-refractivity contribution >= 4 is 11.9 Å². The van der Waals surface area contributed by atoms with Crippen molar-refractivity contribution in [3.05, 3.63) is 0 Å². The van der Waals surface area contributed by atoms with E-state index in [2.05, 4.69) is 9.47 Å². The van der Waals surface area contributed by atoms with Gasteiger partial charge in [0.2, 0.25) is 0 Å². The van der Waals surface area contributed by atoms with Gasteiger partial charge in [0.15, 0.2) is 0 Å². The van der Waals surface area contributed by atoms with Gasteiger partial charge < -0.3 is 9.47 Å². The fourth-order valence-electron chi connectivity index (χ4n) is 1.09. The number of esters is 2. The van der Waals surface area contributed by atoms with Crippen molar-refractivity contribution < 1.29 is 19.1 Å². The van der Waals surface area contributed by atoms with E-state index in [9.17, 15) is 9.59 Å². The molecule has 0 saturated heterocycles. The molecule has 0 radical (unpaired) electrons. The zero-order valence-electron chi connectivity index (χ0n) is 9.20. The lowest BCUT2D eigenvalue weighted by molar-refractivity contribution is -0.145. The highest BCUT2D eigenvalue weighted by Gasteiger charge is 2.19. The second kappa shape index (κ2) is 6.40. The molecule has 0 bridgehead atoms. The van der Waals surface area contributed by atoms with Gasteiger partial charge in [-0.1, -0.05) is 13.8 Å². The molecule has 0 spiro atoms. The maximum Gasteiger partial charge on any atom is 0.305 e. The molecule has 82 valence electrons. The van der Waals surface area contributed by atoms with Gasteiger partial charge in [-0.3, -0.25) is 9.59 Å². The molecule has 0 rings (SSSR count). The van der Waals surface area contributed by atoms with Crippen molar-refractivity contribution in [1.82, 2.24) is 0 Å². The molecule has 0 aromatic heterocycles. The summed E-state index contributed by atoms with van der Waals surface area (Å²) in [4.78, 5) is 21.9. The molecule has 4 heteroatoms. The summed E-state index contributed by atoms with van der Waals surface area (Å²) in [5.74, 6) is -0.230. The van der Waals surface area contributed by atoms with Crippen LogP contribution in [0.25, 0.3) is 0 Å². The first-order valence-electron chi connectivity index (χ1n) is 4.64. The van der Waals surface area contributed by atoms with Crippen molar-refractivity contribution in [1.29, 1.82) is 0 Å². The highest BCUT2D eigenvalue weighted by atomic mass is 16.5. The molecule has 0 heterocycles. The summed E-state index contributed by atoms with van der Waals surface area (Å²) in [5.41, 5.74) is 0. The lowest BCUT2D eigenvalue weighted by Gasteiger charge is -2.17. The largest absolute Gasteiger partial charge is 0.469 e. The van der Waals surface area contributed by atoms with Gasteiger partial charge in [-0.15, -0.1) is 0 Å². The van der Waals surface area contributed by atoms with Gasteiger partial charge in [-0.2, -0.15) is 0 Å². The van der Waals surface area contributed by atoms with Crippen molar-refractivity contribution in [2.45, 2.75) is 26.7 Å². The van der Waals surface area contributed by atoms with Gasteiger partial charge in [-0.05, 0) is 11.8 Å². The summed E-state index contributed by atoms with van der Waals surface area (Å²) in [6.07, 6.45) is 0.684. The average molecular weight is 202 g/mol. The van der Waals surface area contributed by atoms with Crippen LogP contribution in [0.4, 0.5) is 0 Å². The van der Waals surface area contributed by atoms with Crippen molar-refractivity contribution in [3.8, 4) is 0 Å². The van der Waals surface area contributed by atoms with Crippen LogP contribution in [-0.4, -0.2) is 26.2 Å². The fraction of sp³-hybridized carbons (Fsp3) is 0.800. The SMILES string of the molecule is COC(=O)C[C@@H](C)[C@H](C)CC(=O)OC. The third-order valence-corrected chi connectivity index (χ3v) is 2.40. The van der Waals surface area contributed by atoms with Crippen LogP contribution in [0.15, 0.2) is 0 Å². The van der Waals surface area contributed by atoms with Crippen molar-refractivity contribution in [3.63, 3.8) is 0 Å². The zero-order chi connectivity index (χ0) is 11.1. The van der Waals surface area contributed by atoms with Crippen molar-refractivity contribution in [2.75, 3.05) is 14.2 Å². The van der Waals surface area contributed by atoms with E-state index in [1.54, 1.807) is 0 Å². The maximum absolute atomic E-state index is 10.9. The zero-order valence-corrected chi connectivity index (χ0v) is 9.20. The Morgan fingerprint density at radius 1 is 0.929 bits per heavy atom. The molecule has 0 amide bonds. The fourth-order valence-corrected chi connectivity index (χ4v) is 1.09. The Labute approximate surface area is 84.6 Å². The monoisotopic (exact) mass is 202 g/mol. The quantitative estimate of drug-likeness (QED) is 0.632. The molecule has 0 aliphatic carbocycles. The summed E-state index contributed by atoms with van der Waals surface area (Å²) in [6.45, 7) is 3.84. The second-order valence-electron chi connectivity index (χ2n) is 3.52. The molecule has 0 aromatic rings. The van der Waals surface area contributed by atoms with Crippen LogP contribution >= 0.6 is 0 Å². The minimum absolute atomic E-state index is 0.126. The van der Waals surface area contributed by atoms with Crippen LogP contribution in [0.2, 0.25) is 0 Å². The van der Waals surface area contributed by atoms with E-state index < -0.39 is 0 Å². The summed E-state index contributed by atoms with van der Waals surface area (Å²) in [7, 11) is 2.72. The van der Waals surface area contributed by atoms with Crippen LogP contribution in [0.3, 0.4) is 0 Å². The Bertz CT molecular complexity index is 178. The van der Waals surface area contributed by atoms with E-state index >= 15 is 0 Å². The third-order valence-electron chi connectivity index (χ3n) is 2.40. The Morgan fingerprint density at radius 3 is 1.43 bits per heavy atom. The van der Waals surface area contributed by atoms with Gasteiger partial charge in [0.05, 0.1) is 14.2 Å². The number of carbonyl (C=O) groups is 2. The maximum atomic E-state index is 10.9. The highest BCUT2D eigenvalue weighted by Crippen LogP contribution is 2.19. The summed E-state index contributed by atoms with van der Waals surface area (Å²) >= 11 is 0. The number of hydrogen-bond acceptors (Lipinski definition) is 4. The Kier molecular flexibility index (Phi) is 5.92. The first-order chi connectivity index (χ1) is 6.51. The highest BCUT2D eigenvalue weighted by molar-refractivity contribution is 5.71. The Morgan fingerprint density at radius 2 is 1.21 bits per heavy atom. The van der Waals surface area contributed by atoms with Crippen LogP contribution in [0, 0.1) is 11.8 Å². The predicted molar refractivity (Wildman–Crippen MR) is 51.6 cm³/mol. The van der Waals surface area contributed by atoms with Gasteiger partial charge in [-0.25, -0.2) is 0 Å². The molecule has 0 unspecified atom stereocenters. The second-order valence-corrected chi connectivity index (χ2v) is 3.52. The average Bonchev–Trinajstić information content (AvgIpc) is 2.17. The van der Waals surface area contributed by atoms with Crippen LogP contribution in [0.5, 0.6) is 0 Å². The lowest BCUT2D eigenvalue weighted by atomic mass is 9.90. The van der Waals surface area contributed by atoms with E-state index in [-0.39, 0.29) is 23.8 Å². The molecule has 0 aliphatic heterocycles. The number of methoxy groups -OCH3 is 2. The van der Waals surface area contributed by atoms with Gasteiger partial charge in [0.25, 0.3) is 0 Å². The minimum Gasteiger partial charge on any atom is -0.469 e. The van der Waals surface area contributed by atoms with Gasteiger partial charge in [0.1, 0.15) is 0 Å². The topological polar surface area (TPSA) is 52.6 Å². The van der Waals surface area contributed by atoms with E-state index in [0.717, 1.165) is 0 Å². The molecule has 0 fully saturated rings. The smallest absolute Gasteiger partial charge is 0.305 e. The Balaban J connectivity index is 3.92. The van der Waals surface area contributed by atoms with Crippen LogP contribution < -0.4 is 0 Å². The van der Waals surface area contributed by atoms with E-state index in [0.29, 0.717) is 12.8 Å². The van der Waals surface area contributed by atoms with E-state index in [4.69, 9.17) is 0 Å². The van der Waals surface area contributed by atoms with Crippen molar-refractivity contribution in [2.24, 2.45) is 11.8 Å². The predicted octanol–water partition coefficient (Wildman–Crippen LogP) is 1.38. The van der Waals surface area contributed by atoms with E-state index in [1.165, 1.54) is 14.2 Å². The number of hydrogen-bond donors (Lipinski definition) is 0. The van der Waals surface area contributed by atoms with Gasteiger partial charge in [0, 0.05) is 12.8 Å². The van der Waals surface area contributed by atoms with Gasteiger partial charge >= 0.3 is 11.9 Å². The normalized spacial score (nSPS) is 14.3. The number of rotatable bonds is 5. The molecule has 2 atom stereocenters. The van der Waals surface area contributed by atoms with E-state index in [1.807, 2.05) is 13.8 Å². The van der Waals surface area contributed by atoms with Crippen LogP contribution in [0.1, 0.15) is 26.7 Å². The molecular formula is C10H18O4. The third kappa shape index (κ3) is 4.84. The molecule has 14 heavy (non-hydrogen) atoms. The lowest BCUT2D eigenvalue weighted by Crippen LogP contribution is -2.17. The molecule has 4 nitrogen and oxygen atoms in total. The summed E-state index contributed by atoms with van der Waals surface area (Å²) < 4.78 is 9.09. The molecule has 0 N–H and O–H groups in total. The standard InChI is InChI=1S/C10H18O4/c1-7(5-9(11)13-3)8(2)6-10(12)14-4/h7-8H,5-6H2,1-4H3/t7-,8-/m1/s1. The number of ether oxygens (including phenoxy) is 2. The summed E-state index contributed by atoms with van der Waals surface area (Å²) in [6, 6.07) is 0. The Hall–Kier alpha value is -1.06.